The third-order valence-corrected chi connectivity index (χ3v) is 3.68. The molecule has 0 bridgehead atoms. The van der Waals surface area contributed by atoms with Crippen molar-refractivity contribution in [1.29, 1.82) is 0 Å². The van der Waals surface area contributed by atoms with E-state index >= 15 is 0 Å². The highest BCUT2D eigenvalue weighted by atomic mass is 127. The Morgan fingerprint density at radius 1 is 1.04 bits per heavy atom. The summed E-state index contributed by atoms with van der Waals surface area (Å²) in [5.41, 5.74) is 1.63. The molecule has 146 valence electrons. The summed E-state index contributed by atoms with van der Waals surface area (Å²) in [6.07, 6.45) is 2.60. The number of pyridine rings is 1. The number of ether oxygens (including phenoxy) is 1. The number of hydrogen-bond acceptors (Lipinski definition) is 4. The summed E-state index contributed by atoms with van der Waals surface area (Å²) < 4.78 is 5.08. The van der Waals surface area contributed by atoms with Gasteiger partial charge in [0.25, 0.3) is 5.91 Å². The minimum absolute atomic E-state index is 0. The van der Waals surface area contributed by atoms with Crippen molar-refractivity contribution < 1.29 is 9.53 Å². The molecule has 0 saturated carbocycles. The second kappa shape index (κ2) is 12.9. The topological polar surface area (TPSA) is 87.6 Å². The first-order chi connectivity index (χ1) is 12.7. The van der Waals surface area contributed by atoms with E-state index in [2.05, 4.69) is 25.9 Å². The summed E-state index contributed by atoms with van der Waals surface area (Å²) in [5.74, 6) is 1.30. The van der Waals surface area contributed by atoms with Gasteiger partial charge in [0.05, 0.1) is 7.11 Å². The number of guanidine groups is 1. The summed E-state index contributed by atoms with van der Waals surface area (Å²) in [4.78, 5) is 20.5. The molecule has 0 saturated heterocycles. The predicted molar refractivity (Wildman–Crippen MR) is 118 cm³/mol. The van der Waals surface area contributed by atoms with Crippen molar-refractivity contribution in [2.45, 2.75) is 6.42 Å². The summed E-state index contributed by atoms with van der Waals surface area (Å²) >= 11 is 0. The molecule has 2 rings (SSSR count). The van der Waals surface area contributed by atoms with Crippen molar-refractivity contribution in [1.82, 2.24) is 20.9 Å². The molecular weight excluding hydrogens is 457 g/mol. The molecule has 0 atom stereocenters. The molecule has 0 aliphatic heterocycles. The van der Waals surface area contributed by atoms with Crippen LogP contribution in [0.5, 0.6) is 5.75 Å². The van der Waals surface area contributed by atoms with Crippen LogP contribution in [0.1, 0.15) is 16.1 Å². The smallest absolute Gasteiger partial charge is 0.251 e. The van der Waals surface area contributed by atoms with Gasteiger partial charge in [-0.2, -0.15) is 0 Å². The van der Waals surface area contributed by atoms with Crippen LogP contribution in [0, 0.1) is 0 Å². The lowest BCUT2D eigenvalue weighted by Gasteiger charge is -2.12. The highest BCUT2D eigenvalue weighted by Crippen LogP contribution is 2.10. The van der Waals surface area contributed by atoms with E-state index in [1.165, 1.54) is 0 Å². The van der Waals surface area contributed by atoms with Crippen molar-refractivity contribution in [2.75, 3.05) is 33.8 Å². The third-order valence-electron chi connectivity index (χ3n) is 3.68. The van der Waals surface area contributed by atoms with E-state index in [1.54, 1.807) is 44.6 Å². The molecule has 2 aromatic rings. The molecule has 1 amide bonds. The molecule has 0 aliphatic rings. The number of nitrogens with one attached hydrogen (secondary N) is 3. The van der Waals surface area contributed by atoms with Gasteiger partial charge in [-0.25, -0.2) is 0 Å². The normalized spacial score (nSPS) is 10.5. The molecule has 1 aromatic heterocycles. The largest absolute Gasteiger partial charge is 0.497 e. The van der Waals surface area contributed by atoms with E-state index in [0.717, 1.165) is 24.4 Å². The van der Waals surface area contributed by atoms with E-state index in [4.69, 9.17) is 4.74 Å². The van der Waals surface area contributed by atoms with Crippen LogP contribution in [-0.2, 0) is 6.42 Å². The average Bonchev–Trinajstić information content (AvgIpc) is 2.70. The van der Waals surface area contributed by atoms with Gasteiger partial charge in [-0.05, 0) is 36.4 Å². The zero-order chi connectivity index (χ0) is 18.6. The first kappa shape index (κ1) is 22.7. The van der Waals surface area contributed by atoms with E-state index in [1.807, 2.05) is 18.2 Å². The molecule has 8 heteroatoms. The monoisotopic (exact) mass is 483 g/mol. The maximum atomic E-state index is 12.1. The van der Waals surface area contributed by atoms with Gasteiger partial charge in [0.15, 0.2) is 5.96 Å². The van der Waals surface area contributed by atoms with Crippen LogP contribution in [0.15, 0.2) is 53.7 Å². The van der Waals surface area contributed by atoms with Crippen LogP contribution >= 0.6 is 24.0 Å². The fourth-order valence-electron chi connectivity index (χ4n) is 2.28. The average molecular weight is 483 g/mol. The molecule has 0 fully saturated rings. The Kier molecular flexibility index (Phi) is 10.8. The van der Waals surface area contributed by atoms with Crippen molar-refractivity contribution in [2.24, 2.45) is 4.99 Å². The highest BCUT2D eigenvalue weighted by molar-refractivity contribution is 14.0. The number of nitrogens with zero attached hydrogens (tertiary/aromatic N) is 2. The van der Waals surface area contributed by atoms with Crippen molar-refractivity contribution in [3.63, 3.8) is 0 Å². The Bertz CT molecular complexity index is 708. The van der Waals surface area contributed by atoms with Gasteiger partial charge in [-0.1, -0.05) is 6.07 Å². The zero-order valence-electron chi connectivity index (χ0n) is 15.6. The molecule has 1 aromatic carbocycles. The number of hydrogen-bond donors (Lipinski definition) is 3. The van der Waals surface area contributed by atoms with E-state index in [0.29, 0.717) is 24.6 Å². The second-order valence-corrected chi connectivity index (χ2v) is 5.48. The highest BCUT2D eigenvalue weighted by Gasteiger charge is 2.05. The first-order valence-electron chi connectivity index (χ1n) is 8.49. The number of rotatable bonds is 8. The molecule has 0 unspecified atom stereocenters. The maximum Gasteiger partial charge on any atom is 0.251 e. The van der Waals surface area contributed by atoms with Crippen molar-refractivity contribution in [3.05, 3.63) is 59.9 Å². The number of halogens is 1. The van der Waals surface area contributed by atoms with E-state index in [-0.39, 0.29) is 29.9 Å². The molecule has 7 nitrogen and oxygen atoms in total. The Balaban J connectivity index is 0.00000364. The lowest BCUT2D eigenvalue weighted by Crippen LogP contribution is -2.42. The van der Waals surface area contributed by atoms with Gasteiger partial charge in [-0.3, -0.25) is 14.8 Å². The molecule has 27 heavy (non-hydrogen) atoms. The van der Waals surface area contributed by atoms with Gasteiger partial charge < -0.3 is 20.7 Å². The lowest BCUT2D eigenvalue weighted by atomic mass is 10.2. The number of amides is 1. The molecule has 0 aliphatic carbocycles. The molecule has 0 spiro atoms. The maximum absolute atomic E-state index is 12.1. The minimum atomic E-state index is -0.118. The number of aliphatic imine (C=N–C) groups is 1. The van der Waals surface area contributed by atoms with Gasteiger partial charge in [-0.15, -0.1) is 24.0 Å². The summed E-state index contributed by atoms with van der Waals surface area (Å²) in [5, 5.41) is 9.25. The van der Waals surface area contributed by atoms with Gasteiger partial charge in [0, 0.05) is 50.6 Å². The molecular formula is C19H26IN5O2. The van der Waals surface area contributed by atoms with Crippen molar-refractivity contribution in [3.8, 4) is 5.75 Å². The van der Waals surface area contributed by atoms with E-state index in [9.17, 15) is 4.79 Å². The van der Waals surface area contributed by atoms with Crippen LogP contribution in [0.25, 0.3) is 0 Å². The Hall–Kier alpha value is -2.36. The third kappa shape index (κ3) is 8.25. The van der Waals surface area contributed by atoms with Crippen LogP contribution in [0.2, 0.25) is 0 Å². The van der Waals surface area contributed by atoms with Crippen LogP contribution in [-0.4, -0.2) is 50.6 Å². The summed E-state index contributed by atoms with van der Waals surface area (Å²) in [7, 11) is 3.31. The quantitative estimate of drug-likeness (QED) is 0.231. The molecule has 1 heterocycles. The zero-order valence-corrected chi connectivity index (χ0v) is 17.9. The number of aromatic nitrogens is 1. The van der Waals surface area contributed by atoms with Crippen molar-refractivity contribution >= 4 is 35.8 Å². The fourth-order valence-corrected chi connectivity index (χ4v) is 2.28. The predicted octanol–water partition coefficient (Wildman–Crippen LogP) is 1.85. The van der Waals surface area contributed by atoms with Crippen LogP contribution in [0.3, 0.4) is 0 Å². The first-order valence-corrected chi connectivity index (χ1v) is 8.49. The summed E-state index contributed by atoms with van der Waals surface area (Å²) in [6, 6.07) is 12.9. The van der Waals surface area contributed by atoms with Gasteiger partial charge >= 0.3 is 0 Å². The van der Waals surface area contributed by atoms with E-state index < -0.39 is 0 Å². The summed E-state index contributed by atoms with van der Waals surface area (Å²) in [6.45, 7) is 1.80. The fraction of sp³-hybridized carbons (Fsp3) is 0.316. The van der Waals surface area contributed by atoms with Crippen LogP contribution in [0.4, 0.5) is 0 Å². The molecule has 0 radical (unpaired) electrons. The van der Waals surface area contributed by atoms with Crippen LogP contribution < -0.4 is 20.7 Å². The Morgan fingerprint density at radius 2 is 1.74 bits per heavy atom. The number of benzene rings is 1. The second-order valence-electron chi connectivity index (χ2n) is 5.48. The SMILES string of the molecule is CN=C(NCCNC(=O)c1ccc(OC)cc1)NCCc1ccccn1.I. The van der Waals surface area contributed by atoms with Gasteiger partial charge in [0.1, 0.15) is 5.75 Å². The Morgan fingerprint density at radius 3 is 2.37 bits per heavy atom. The molecule has 3 N–H and O–H groups in total. The minimum Gasteiger partial charge on any atom is -0.497 e. The number of carbonyl (C=O) groups excluding carboxylic acids is 1. The lowest BCUT2D eigenvalue weighted by molar-refractivity contribution is 0.0954. The standard InChI is InChI=1S/C19H25N5O2.HI/c1-20-19(23-12-10-16-5-3-4-11-21-16)24-14-13-22-18(25)15-6-8-17(26-2)9-7-15;/h3-9,11H,10,12-14H2,1-2H3,(H,22,25)(H2,20,23,24);1H. The van der Waals surface area contributed by atoms with Gasteiger partial charge in [0.2, 0.25) is 0 Å². The number of carbonyl (C=O) groups is 1. The Labute approximate surface area is 177 Å². The number of methoxy groups -OCH3 is 1.